The van der Waals surface area contributed by atoms with Gasteiger partial charge in [-0.3, -0.25) is 14.5 Å². The van der Waals surface area contributed by atoms with E-state index >= 15 is 0 Å². The number of ether oxygens (including phenoxy) is 3. The van der Waals surface area contributed by atoms with E-state index in [1.807, 2.05) is 13.8 Å². The Morgan fingerprint density at radius 2 is 1.97 bits per heavy atom. The second-order valence-electron chi connectivity index (χ2n) is 10.7. The van der Waals surface area contributed by atoms with E-state index in [0.717, 1.165) is 13.1 Å². The molecule has 2 amide bonds. The lowest BCUT2D eigenvalue weighted by molar-refractivity contribution is -0.138. The van der Waals surface area contributed by atoms with E-state index in [1.54, 1.807) is 23.1 Å². The van der Waals surface area contributed by atoms with Crippen molar-refractivity contribution >= 4 is 11.8 Å². The number of benzene rings is 1. The van der Waals surface area contributed by atoms with Crippen LogP contribution in [0.4, 0.5) is 0 Å². The molecule has 4 atom stereocenters. The molecule has 11 nitrogen and oxygen atoms in total. The Bertz CT molecular complexity index is 1060. The maximum atomic E-state index is 13.5. The molecule has 0 radical (unpaired) electrons. The Kier molecular flexibility index (Phi) is 9.84. The van der Waals surface area contributed by atoms with Gasteiger partial charge in [-0.15, -0.1) is 0 Å². The summed E-state index contributed by atoms with van der Waals surface area (Å²) in [6.07, 6.45) is -0.00725. The molecule has 11 heteroatoms. The van der Waals surface area contributed by atoms with Crippen LogP contribution in [0.2, 0.25) is 0 Å². The summed E-state index contributed by atoms with van der Waals surface area (Å²) >= 11 is 0. The van der Waals surface area contributed by atoms with Gasteiger partial charge in [-0.25, -0.2) is 0 Å². The molecule has 39 heavy (non-hydrogen) atoms. The number of rotatable bonds is 11. The highest BCUT2D eigenvalue weighted by Crippen LogP contribution is 2.51. The van der Waals surface area contributed by atoms with E-state index < -0.39 is 30.1 Å². The van der Waals surface area contributed by atoms with Gasteiger partial charge in [-0.1, -0.05) is 13.8 Å². The van der Waals surface area contributed by atoms with Crippen LogP contribution in [0.25, 0.3) is 0 Å². The molecule has 0 unspecified atom stereocenters. The van der Waals surface area contributed by atoms with Gasteiger partial charge in [-0.05, 0) is 29.7 Å². The highest BCUT2D eigenvalue weighted by Gasteiger charge is 2.51. The van der Waals surface area contributed by atoms with Crippen LogP contribution < -0.4 is 14.8 Å². The molecule has 1 aromatic carbocycles. The third kappa shape index (κ3) is 6.38. The summed E-state index contributed by atoms with van der Waals surface area (Å²) in [5.74, 6) is -0.260. The lowest BCUT2D eigenvalue weighted by atomic mass is 9.77. The molecular weight excluding hydrogens is 506 g/mol. The molecule has 0 aromatic heterocycles. The zero-order valence-electron chi connectivity index (χ0n) is 23.0. The number of hydrogen-bond acceptors (Lipinski definition) is 9. The number of carbonyl (C=O) groups excluding carboxylic acids is 2. The van der Waals surface area contributed by atoms with Crippen molar-refractivity contribution in [1.29, 1.82) is 0 Å². The minimum Gasteiger partial charge on any atom is -0.493 e. The molecule has 4 rings (SSSR count). The lowest BCUT2D eigenvalue weighted by Gasteiger charge is -2.41. The smallest absolute Gasteiger partial charge is 0.247 e. The van der Waals surface area contributed by atoms with Crippen LogP contribution in [-0.2, 0) is 20.9 Å². The van der Waals surface area contributed by atoms with E-state index in [9.17, 15) is 24.9 Å². The maximum absolute atomic E-state index is 13.5. The Morgan fingerprint density at radius 1 is 1.23 bits per heavy atom. The van der Waals surface area contributed by atoms with Crippen molar-refractivity contribution in [3.63, 3.8) is 0 Å². The monoisotopic (exact) mass is 547 g/mol. The molecule has 0 bridgehead atoms. The van der Waals surface area contributed by atoms with Gasteiger partial charge in [-0.2, -0.15) is 0 Å². The highest BCUT2D eigenvalue weighted by atomic mass is 16.5. The van der Waals surface area contributed by atoms with Crippen LogP contribution in [0.5, 0.6) is 11.5 Å². The summed E-state index contributed by atoms with van der Waals surface area (Å²) in [5, 5.41) is 33.6. The average molecular weight is 548 g/mol. The minimum absolute atomic E-state index is 0.0571. The number of hydrogen-bond donors (Lipinski definition) is 4. The number of methoxy groups -OCH3 is 1. The quantitative estimate of drug-likeness (QED) is 0.302. The van der Waals surface area contributed by atoms with Gasteiger partial charge in [0, 0.05) is 50.3 Å². The highest BCUT2D eigenvalue weighted by molar-refractivity contribution is 5.96. The largest absolute Gasteiger partial charge is 0.493 e. The molecule has 216 valence electrons. The molecule has 1 aliphatic carbocycles. The predicted molar refractivity (Wildman–Crippen MR) is 142 cm³/mol. The van der Waals surface area contributed by atoms with Gasteiger partial charge in [0.2, 0.25) is 11.8 Å². The summed E-state index contributed by atoms with van der Waals surface area (Å²) < 4.78 is 17.2. The zero-order valence-corrected chi connectivity index (χ0v) is 23.0. The molecular formula is C28H41N3O8. The maximum Gasteiger partial charge on any atom is 0.247 e. The predicted octanol–water partition coefficient (Wildman–Crippen LogP) is 0.0170. The van der Waals surface area contributed by atoms with Crippen molar-refractivity contribution in [3.05, 3.63) is 34.9 Å². The van der Waals surface area contributed by atoms with Crippen molar-refractivity contribution < 1.29 is 39.1 Å². The van der Waals surface area contributed by atoms with Gasteiger partial charge in [0.1, 0.15) is 12.2 Å². The van der Waals surface area contributed by atoms with Gasteiger partial charge in [0.05, 0.1) is 45.5 Å². The molecule has 1 fully saturated rings. The number of morpholine rings is 1. The first-order valence-electron chi connectivity index (χ1n) is 13.7. The Morgan fingerprint density at radius 3 is 2.62 bits per heavy atom. The Hall–Kier alpha value is -2.70. The molecule has 1 saturated heterocycles. The lowest BCUT2D eigenvalue weighted by Crippen LogP contribution is -2.57. The second-order valence-corrected chi connectivity index (χ2v) is 10.7. The first kappa shape index (κ1) is 29.3. The van der Waals surface area contributed by atoms with Gasteiger partial charge < -0.3 is 39.7 Å². The van der Waals surface area contributed by atoms with E-state index in [0.29, 0.717) is 60.9 Å². The third-order valence-corrected chi connectivity index (χ3v) is 7.52. The Labute approximate surface area is 229 Å². The molecule has 2 heterocycles. The SMILES string of the molecule is COc1cc(CO)cc2c1O[C@@H]1[C@@H](O)[C@H](N(CCN3CCOCC3)C(=O)CC(C)C)C=C(C(=O)NCCO)[C@H]21. The summed E-state index contributed by atoms with van der Waals surface area (Å²) in [7, 11) is 1.49. The van der Waals surface area contributed by atoms with Crippen LogP contribution in [0.3, 0.4) is 0 Å². The number of carbonyl (C=O) groups is 2. The molecule has 0 spiro atoms. The fraction of sp³-hybridized carbons (Fsp3) is 0.643. The second kappa shape index (κ2) is 13.1. The van der Waals surface area contributed by atoms with Crippen molar-refractivity contribution in [3.8, 4) is 11.5 Å². The van der Waals surface area contributed by atoms with Gasteiger partial charge in [0.25, 0.3) is 0 Å². The fourth-order valence-electron chi connectivity index (χ4n) is 5.60. The molecule has 3 aliphatic rings. The van der Waals surface area contributed by atoms with Gasteiger partial charge >= 0.3 is 0 Å². The topological polar surface area (TPSA) is 141 Å². The van der Waals surface area contributed by atoms with Crippen molar-refractivity contribution in [2.45, 2.75) is 51.0 Å². The van der Waals surface area contributed by atoms with Crippen molar-refractivity contribution in [2.24, 2.45) is 5.92 Å². The fourth-order valence-corrected chi connectivity index (χ4v) is 5.60. The first-order chi connectivity index (χ1) is 18.8. The number of fused-ring (bicyclic) bond motifs is 3. The van der Waals surface area contributed by atoms with E-state index in [-0.39, 0.29) is 31.6 Å². The third-order valence-electron chi connectivity index (χ3n) is 7.52. The molecule has 4 N–H and O–H groups in total. The van der Waals surface area contributed by atoms with Crippen molar-refractivity contribution in [1.82, 2.24) is 15.1 Å². The molecule has 0 saturated carbocycles. The summed E-state index contributed by atoms with van der Waals surface area (Å²) in [5.41, 5.74) is 1.55. The Balaban J connectivity index is 1.73. The van der Waals surface area contributed by atoms with E-state index in [1.165, 1.54) is 7.11 Å². The van der Waals surface area contributed by atoms with E-state index in [4.69, 9.17) is 14.2 Å². The summed E-state index contributed by atoms with van der Waals surface area (Å²) in [6.45, 7) is 7.31. The van der Waals surface area contributed by atoms with Crippen LogP contribution in [-0.4, -0.2) is 115 Å². The zero-order chi connectivity index (χ0) is 28.1. The number of nitrogens with zero attached hydrogens (tertiary/aromatic N) is 2. The van der Waals surface area contributed by atoms with E-state index in [2.05, 4.69) is 10.2 Å². The summed E-state index contributed by atoms with van der Waals surface area (Å²) in [6, 6.07) is 2.62. The number of amides is 2. The normalized spacial score (nSPS) is 24.4. The molecule has 1 aromatic rings. The number of aliphatic hydroxyl groups is 3. The first-order valence-corrected chi connectivity index (χ1v) is 13.7. The summed E-state index contributed by atoms with van der Waals surface area (Å²) in [4.78, 5) is 30.8. The average Bonchev–Trinajstić information content (AvgIpc) is 3.32. The number of aliphatic hydroxyl groups excluding tert-OH is 3. The van der Waals surface area contributed by atoms with Crippen LogP contribution in [0, 0.1) is 5.92 Å². The minimum atomic E-state index is -1.13. The van der Waals surface area contributed by atoms with Gasteiger partial charge in [0.15, 0.2) is 11.5 Å². The van der Waals surface area contributed by atoms with Crippen molar-refractivity contribution in [2.75, 3.05) is 59.7 Å². The van der Waals surface area contributed by atoms with Crippen LogP contribution >= 0.6 is 0 Å². The van der Waals surface area contributed by atoms with Crippen LogP contribution in [0.15, 0.2) is 23.8 Å². The molecule has 2 aliphatic heterocycles. The standard InChI is InChI=1S/C28H41N3O8/c1-17(2)12-23(34)31(6-5-30-7-10-38-11-8-30)21-15-20(28(36)29-4-9-32)24-19-13-18(16-33)14-22(37-3)26(19)39-27(24)25(21)35/h13-15,17,21,24-25,27,32-33,35H,4-12,16H2,1-3H3,(H,29,36)/t21-,24+,25+,27+/m1/s1. The van der Waals surface area contributed by atoms with Crippen LogP contribution in [0.1, 0.15) is 37.3 Å². The number of nitrogens with one attached hydrogen (secondary N) is 1.